The van der Waals surface area contributed by atoms with E-state index in [-0.39, 0.29) is 18.3 Å². The van der Waals surface area contributed by atoms with Gasteiger partial charge in [-0.15, -0.1) is 0 Å². The average molecular weight is 150 g/mol. The molecule has 0 saturated carbocycles. The van der Waals surface area contributed by atoms with Gasteiger partial charge in [0, 0.05) is 0 Å². The summed E-state index contributed by atoms with van der Waals surface area (Å²) in [6, 6.07) is 1.87. The van der Waals surface area contributed by atoms with Crippen LogP contribution in [0, 0.1) is 11.3 Å². The predicted molar refractivity (Wildman–Crippen MR) is 38.0 cm³/mol. The number of rotatable bonds is 1. The van der Waals surface area contributed by atoms with E-state index < -0.39 is 0 Å². The van der Waals surface area contributed by atoms with E-state index in [9.17, 15) is 0 Å². The smallest absolute Gasteiger partial charge is 0.225 e. The Hall–Kier alpha value is -1.90. The molecule has 0 unspecified atom stereocenters. The molecule has 4 N–H and O–H groups in total. The predicted octanol–water partition coefficient (Wildman–Crippen LogP) is -0.898. The summed E-state index contributed by atoms with van der Waals surface area (Å²) >= 11 is 0. The second-order valence-corrected chi connectivity index (χ2v) is 1.80. The summed E-state index contributed by atoms with van der Waals surface area (Å²) in [5.74, 6) is 0.392. The Kier molecular flexibility index (Phi) is 1.83. The molecule has 0 aliphatic carbocycles. The van der Waals surface area contributed by atoms with Gasteiger partial charge in [0.1, 0.15) is 5.82 Å². The van der Waals surface area contributed by atoms with Crippen molar-refractivity contribution in [1.29, 1.82) is 5.26 Å². The molecular formula is C5H6N6. The summed E-state index contributed by atoms with van der Waals surface area (Å²) < 4.78 is 0. The van der Waals surface area contributed by atoms with Crippen LogP contribution in [-0.4, -0.2) is 15.0 Å². The molecule has 1 heterocycles. The minimum atomic E-state index is 0.0442. The highest BCUT2D eigenvalue weighted by atomic mass is 15.1. The molecule has 6 heteroatoms. The summed E-state index contributed by atoms with van der Waals surface area (Å²) in [5, 5.41) is 8.27. The first-order valence-electron chi connectivity index (χ1n) is 2.85. The van der Waals surface area contributed by atoms with E-state index in [2.05, 4.69) is 15.0 Å². The highest BCUT2D eigenvalue weighted by molar-refractivity contribution is 5.26. The molecule has 0 atom stereocenters. The van der Waals surface area contributed by atoms with Gasteiger partial charge in [-0.3, -0.25) is 0 Å². The van der Waals surface area contributed by atoms with E-state index in [4.69, 9.17) is 16.7 Å². The third-order valence-corrected chi connectivity index (χ3v) is 0.953. The Balaban J connectivity index is 3.01. The van der Waals surface area contributed by atoms with Crippen LogP contribution in [0.1, 0.15) is 5.82 Å². The molecule has 6 nitrogen and oxygen atoms in total. The van der Waals surface area contributed by atoms with Crippen LogP contribution in [0.25, 0.3) is 0 Å². The van der Waals surface area contributed by atoms with Crippen molar-refractivity contribution in [3.05, 3.63) is 5.82 Å². The van der Waals surface area contributed by atoms with E-state index >= 15 is 0 Å². The third kappa shape index (κ3) is 1.76. The fraction of sp³-hybridized carbons (Fsp3) is 0.200. The van der Waals surface area contributed by atoms with Crippen molar-refractivity contribution >= 4 is 11.9 Å². The lowest BCUT2D eigenvalue weighted by Crippen LogP contribution is -2.06. The van der Waals surface area contributed by atoms with E-state index in [1.165, 1.54) is 0 Å². The van der Waals surface area contributed by atoms with E-state index in [0.29, 0.717) is 5.82 Å². The fourth-order valence-electron chi connectivity index (χ4n) is 0.607. The Labute approximate surface area is 62.9 Å². The molecule has 1 aromatic rings. The van der Waals surface area contributed by atoms with Crippen LogP contribution in [0.5, 0.6) is 0 Å². The summed E-state index contributed by atoms with van der Waals surface area (Å²) in [7, 11) is 0. The second-order valence-electron chi connectivity index (χ2n) is 1.80. The van der Waals surface area contributed by atoms with Gasteiger partial charge in [-0.1, -0.05) is 0 Å². The van der Waals surface area contributed by atoms with Crippen molar-refractivity contribution in [1.82, 2.24) is 15.0 Å². The molecule has 0 radical (unpaired) electrons. The maximum atomic E-state index is 8.27. The van der Waals surface area contributed by atoms with Crippen molar-refractivity contribution in [2.24, 2.45) is 0 Å². The quantitative estimate of drug-likeness (QED) is 0.536. The Morgan fingerprint density at radius 1 is 1.18 bits per heavy atom. The molecule has 0 fully saturated rings. The highest BCUT2D eigenvalue weighted by Gasteiger charge is 1.99. The number of aromatic nitrogens is 3. The minimum absolute atomic E-state index is 0.0442. The van der Waals surface area contributed by atoms with Crippen LogP contribution >= 0.6 is 0 Å². The average Bonchev–Trinajstić information content (AvgIpc) is 1.85. The third-order valence-electron chi connectivity index (χ3n) is 0.953. The monoisotopic (exact) mass is 150 g/mol. The van der Waals surface area contributed by atoms with E-state index in [0.717, 1.165) is 0 Å². The number of nitrogen functional groups attached to an aromatic ring is 2. The molecule has 0 saturated heterocycles. The minimum Gasteiger partial charge on any atom is -0.368 e. The van der Waals surface area contributed by atoms with Crippen LogP contribution in [0.2, 0.25) is 0 Å². The van der Waals surface area contributed by atoms with Crippen LogP contribution < -0.4 is 11.5 Å². The second kappa shape index (κ2) is 2.79. The molecule has 0 aromatic carbocycles. The number of hydrogen-bond donors (Lipinski definition) is 2. The lowest BCUT2D eigenvalue weighted by atomic mass is 10.4. The zero-order valence-electron chi connectivity index (χ0n) is 5.65. The van der Waals surface area contributed by atoms with Crippen LogP contribution in [0.3, 0.4) is 0 Å². The molecule has 0 spiro atoms. The molecule has 0 amide bonds. The molecule has 1 rings (SSSR count). The van der Waals surface area contributed by atoms with Crippen molar-refractivity contribution < 1.29 is 0 Å². The van der Waals surface area contributed by atoms with E-state index in [1.807, 2.05) is 6.07 Å². The molecule has 11 heavy (non-hydrogen) atoms. The number of hydrogen-bond acceptors (Lipinski definition) is 6. The Morgan fingerprint density at radius 3 is 2.18 bits per heavy atom. The molecule has 1 aromatic heterocycles. The zero-order chi connectivity index (χ0) is 8.27. The number of nitrogens with two attached hydrogens (primary N) is 2. The summed E-state index contributed by atoms with van der Waals surface area (Å²) in [6.45, 7) is 0. The zero-order valence-corrected chi connectivity index (χ0v) is 5.65. The van der Waals surface area contributed by atoms with Gasteiger partial charge in [0.15, 0.2) is 0 Å². The van der Waals surface area contributed by atoms with Gasteiger partial charge < -0.3 is 11.5 Å². The van der Waals surface area contributed by atoms with Gasteiger partial charge in [-0.2, -0.15) is 20.2 Å². The summed E-state index contributed by atoms with van der Waals surface area (Å²) in [5.41, 5.74) is 10.5. The maximum absolute atomic E-state index is 8.27. The van der Waals surface area contributed by atoms with Crippen LogP contribution in [-0.2, 0) is 6.42 Å². The lowest BCUT2D eigenvalue weighted by Gasteiger charge is -1.95. The van der Waals surface area contributed by atoms with Gasteiger partial charge in [0.2, 0.25) is 11.9 Å². The summed E-state index contributed by atoms with van der Waals surface area (Å²) in [4.78, 5) is 10.9. The first-order chi connectivity index (χ1) is 5.22. The largest absolute Gasteiger partial charge is 0.368 e. The molecule has 0 bridgehead atoms. The van der Waals surface area contributed by atoms with E-state index in [1.54, 1.807) is 0 Å². The molecule has 56 valence electrons. The lowest BCUT2D eigenvalue weighted by molar-refractivity contribution is 0.960. The first-order valence-corrected chi connectivity index (χ1v) is 2.85. The van der Waals surface area contributed by atoms with Crippen LogP contribution in [0.15, 0.2) is 0 Å². The molecule has 0 aliphatic heterocycles. The summed E-state index contributed by atoms with van der Waals surface area (Å²) in [6.07, 6.45) is 0.0942. The Bertz CT molecular complexity index is 280. The number of nitrogens with zero attached hydrogens (tertiary/aromatic N) is 4. The van der Waals surface area contributed by atoms with Gasteiger partial charge in [0.05, 0.1) is 12.5 Å². The molecular weight excluding hydrogens is 144 g/mol. The van der Waals surface area contributed by atoms with Gasteiger partial charge in [-0.05, 0) is 0 Å². The fourth-order valence-corrected chi connectivity index (χ4v) is 0.607. The van der Waals surface area contributed by atoms with Crippen molar-refractivity contribution in [2.45, 2.75) is 6.42 Å². The SMILES string of the molecule is N#CCc1nc(N)nc(N)n1. The number of anilines is 2. The van der Waals surface area contributed by atoms with Crippen molar-refractivity contribution in [2.75, 3.05) is 11.5 Å². The highest BCUT2D eigenvalue weighted by Crippen LogP contribution is 1.97. The van der Waals surface area contributed by atoms with Crippen molar-refractivity contribution in [3.63, 3.8) is 0 Å². The molecule has 0 aliphatic rings. The first kappa shape index (κ1) is 7.21. The topological polar surface area (TPSA) is 114 Å². The van der Waals surface area contributed by atoms with Gasteiger partial charge in [-0.25, -0.2) is 0 Å². The van der Waals surface area contributed by atoms with Crippen molar-refractivity contribution in [3.8, 4) is 6.07 Å². The van der Waals surface area contributed by atoms with Gasteiger partial charge >= 0.3 is 0 Å². The standard InChI is InChI=1S/C5H6N6/c6-2-1-3-9-4(7)11-5(8)10-3/h1H2,(H4,7,8,9,10,11). The van der Waals surface area contributed by atoms with Crippen LogP contribution in [0.4, 0.5) is 11.9 Å². The maximum Gasteiger partial charge on any atom is 0.225 e. The normalized spacial score (nSPS) is 9.00. The number of nitriles is 1. The Morgan fingerprint density at radius 2 is 1.73 bits per heavy atom. The van der Waals surface area contributed by atoms with Gasteiger partial charge in [0.25, 0.3) is 0 Å².